The largest absolute Gasteiger partial charge is 0.467 e. The number of carbonyl (C=O) groups excluding carboxylic acids is 2. The van der Waals surface area contributed by atoms with Crippen molar-refractivity contribution in [2.24, 2.45) is 0 Å². The van der Waals surface area contributed by atoms with Crippen molar-refractivity contribution < 1.29 is 18.9 Å². The van der Waals surface area contributed by atoms with Crippen LogP contribution in [0.1, 0.15) is 5.76 Å². The van der Waals surface area contributed by atoms with Gasteiger partial charge < -0.3 is 15.1 Å². The normalized spacial score (nSPS) is 10.0. The fourth-order valence-corrected chi connectivity index (χ4v) is 1.77. The summed E-state index contributed by atoms with van der Waals surface area (Å²) in [7, 11) is 0. The third-order valence-corrected chi connectivity index (χ3v) is 2.93. The van der Waals surface area contributed by atoms with Crippen molar-refractivity contribution in [1.29, 1.82) is 0 Å². The van der Waals surface area contributed by atoms with E-state index in [0.717, 1.165) is 6.07 Å². The second kappa shape index (κ2) is 6.72. The van der Waals surface area contributed by atoms with Crippen LogP contribution in [0.4, 0.5) is 11.4 Å². The van der Waals surface area contributed by atoms with Crippen molar-refractivity contribution in [2.45, 2.75) is 6.54 Å². The summed E-state index contributed by atoms with van der Waals surface area (Å²) in [6.07, 6.45) is 1.44. The number of hydrogen-bond acceptors (Lipinski definition) is 5. The van der Waals surface area contributed by atoms with Gasteiger partial charge in [0.25, 0.3) is 5.69 Å². The molecule has 0 atom stereocenters. The Morgan fingerprint density at radius 3 is 2.68 bits per heavy atom. The molecular formula is C13H10ClN3O5. The lowest BCUT2D eigenvalue weighted by Crippen LogP contribution is -2.34. The molecule has 2 rings (SSSR count). The van der Waals surface area contributed by atoms with E-state index in [1.165, 1.54) is 18.4 Å². The standard InChI is InChI=1S/C13H10ClN3O5/c14-10-4-3-8(6-11(10)17(20)21)16-13(19)12(18)15-7-9-2-1-5-22-9/h1-6H,7H2,(H,15,18)(H,16,19). The van der Waals surface area contributed by atoms with Gasteiger partial charge in [0.15, 0.2) is 0 Å². The number of hydrogen-bond donors (Lipinski definition) is 2. The van der Waals surface area contributed by atoms with Gasteiger partial charge in [0.2, 0.25) is 0 Å². The van der Waals surface area contributed by atoms with Crippen LogP contribution in [0.2, 0.25) is 5.02 Å². The summed E-state index contributed by atoms with van der Waals surface area (Å²) >= 11 is 5.65. The first-order valence-corrected chi connectivity index (χ1v) is 6.40. The van der Waals surface area contributed by atoms with Gasteiger partial charge in [-0.15, -0.1) is 0 Å². The molecule has 0 aliphatic heterocycles. The second-order valence-corrected chi connectivity index (χ2v) is 4.55. The van der Waals surface area contributed by atoms with Crippen molar-refractivity contribution in [3.05, 3.63) is 57.5 Å². The molecule has 0 aliphatic carbocycles. The predicted octanol–water partition coefficient (Wildman–Crippen LogP) is 2.10. The molecule has 22 heavy (non-hydrogen) atoms. The van der Waals surface area contributed by atoms with Gasteiger partial charge in [-0.3, -0.25) is 19.7 Å². The van der Waals surface area contributed by atoms with Gasteiger partial charge in [0.1, 0.15) is 10.8 Å². The van der Waals surface area contributed by atoms with Gasteiger partial charge in [0, 0.05) is 11.8 Å². The van der Waals surface area contributed by atoms with Gasteiger partial charge in [0.05, 0.1) is 17.7 Å². The Morgan fingerprint density at radius 2 is 2.05 bits per heavy atom. The van der Waals surface area contributed by atoms with E-state index in [4.69, 9.17) is 16.0 Å². The highest BCUT2D eigenvalue weighted by molar-refractivity contribution is 6.39. The molecule has 0 saturated carbocycles. The van der Waals surface area contributed by atoms with E-state index in [9.17, 15) is 19.7 Å². The lowest BCUT2D eigenvalue weighted by molar-refractivity contribution is -0.384. The fourth-order valence-electron chi connectivity index (χ4n) is 1.58. The number of nitro benzene ring substituents is 1. The lowest BCUT2D eigenvalue weighted by Gasteiger charge is -2.06. The smallest absolute Gasteiger partial charge is 0.313 e. The van der Waals surface area contributed by atoms with Gasteiger partial charge in [-0.2, -0.15) is 0 Å². The quantitative estimate of drug-likeness (QED) is 0.508. The van der Waals surface area contributed by atoms with E-state index in [0.29, 0.717) is 5.76 Å². The molecule has 0 fully saturated rings. The average Bonchev–Trinajstić information content (AvgIpc) is 2.99. The first kappa shape index (κ1) is 15.5. The van der Waals surface area contributed by atoms with Crippen molar-refractivity contribution in [3.8, 4) is 0 Å². The highest BCUT2D eigenvalue weighted by atomic mass is 35.5. The van der Waals surface area contributed by atoms with Crippen molar-refractivity contribution in [2.75, 3.05) is 5.32 Å². The zero-order chi connectivity index (χ0) is 16.1. The van der Waals surface area contributed by atoms with Crippen LogP contribution < -0.4 is 10.6 Å². The number of amides is 2. The molecule has 0 saturated heterocycles. The molecule has 9 heteroatoms. The van der Waals surface area contributed by atoms with Gasteiger partial charge in [-0.05, 0) is 24.3 Å². The number of rotatable bonds is 4. The van der Waals surface area contributed by atoms with E-state index >= 15 is 0 Å². The maximum absolute atomic E-state index is 11.7. The maximum Gasteiger partial charge on any atom is 0.313 e. The van der Waals surface area contributed by atoms with Crippen LogP contribution in [0.3, 0.4) is 0 Å². The average molecular weight is 324 g/mol. The Labute approximate surface area is 129 Å². The van der Waals surface area contributed by atoms with Crippen LogP contribution in [-0.2, 0) is 16.1 Å². The molecule has 1 aromatic heterocycles. The van der Waals surface area contributed by atoms with Crippen LogP contribution in [0.5, 0.6) is 0 Å². The van der Waals surface area contributed by atoms with Crippen molar-refractivity contribution in [3.63, 3.8) is 0 Å². The predicted molar refractivity (Wildman–Crippen MR) is 77.3 cm³/mol. The van der Waals surface area contributed by atoms with Gasteiger partial charge >= 0.3 is 11.8 Å². The van der Waals surface area contributed by atoms with Crippen LogP contribution in [-0.4, -0.2) is 16.7 Å². The summed E-state index contributed by atoms with van der Waals surface area (Å²) in [5, 5.41) is 15.3. The fraction of sp³-hybridized carbons (Fsp3) is 0.0769. The number of furan rings is 1. The molecule has 1 heterocycles. The molecule has 0 aliphatic rings. The lowest BCUT2D eigenvalue weighted by atomic mass is 10.2. The molecule has 114 valence electrons. The van der Waals surface area contributed by atoms with Crippen LogP contribution in [0, 0.1) is 10.1 Å². The third kappa shape index (κ3) is 3.83. The number of benzene rings is 1. The van der Waals surface area contributed by atoms with E-state index in [1.807, 2.05) is 0 Å². The van der Waals surface area contributed by atoms with Crippen molar-refractivity contribution in [1.82, 2.24) is 5.32 Å². The summed E-state index contributed by atoms with van der Waals surface area (Å²) < 4.78 is 5.00. The summed E-state index contributed by atoms with van der Waals surface area (Å²) in [5.74, 6) is -1.36. The Morgan fingerprint density at radius 1 is 1.27 bits per heavy atom. The molecule has 0 bridgehead atoms. The summed E-state index contributed by atoms with van der Waals surface area (Å²) in [4.78, 5) is 33.3. The number of carbonyl (C=O) groups is 2. The first-order valence-electron chi connectivity index (χ1n) is 6.03. The third-order valence-electron chi connectivity index (χ3n) is 2.61. The Kier molecular flexibility index (Phi) is 4.74. The van der Waals surface area contributed by atoms with E-state index in [-0.39, 0.29) is 22.9 Å². The topological polar surface area (TPSA) is 114 Å². The Bertz CT molecular complexity index is 714. The number of nitrogens with zero attached hydrogens (tertiary/aromatic N) is 1. The summed E-state index contributed by atoms with van der Waals surface area (Å²) in [6, 6.07) is 6.97. The molecular weight excluding hydrogens is 314 g/mol. The maximum atomic E-state index is 11.7. The van der Waals surface area contributed by atoms with Gasteiger partial charge in [-0.25, -0.2) is 0 Å². The van der Waals surface area contributed by atoms with Crippen molar-refractivity contribution >= 4 is 34.8 Å². The number of nitrogens with one attached hydrogen (secondary N) is 2. The second-order valence-electron chi connectivity index (χ2n) is 4.14. The Balaban J connectivity index is 1.97. The molecule has 0 spiro atoms. The molecule has 0 unspecified atom stereocenters. The zero-order valence-corrected chi connectivity index (χ0v) is 11.8. The number of anilines is 1. The summed E-state index contributed by atoms with van der Waals surface area (Å²) in [6.45, 7) is 0.0556. The first-order chi connectivity index (χ1) is 10.5. The Hall–Kier alpha value is -2.87. The van der Waals surface area contributed by atoms with Crippen LogP contribution in [0.15, 0.2) is 41.0 Å². The molecule has 8 nitrogen and oxygen atoms in total. The monoisotopic (exact) mass is 323 g/mol. The number of halogens is 1. The van der Waals surface area contributed by atoms with E-state index in [1.54, 1.807) is 12.1 Å². The molecule has 0 radical (unpaired) electrons. The van der Waals surface area contributed by atoms with E-state index < -0.39 is 16.7 Å². The SMILES string of the molecule is O=C(NCc1ccco1)C(=O)Nc1ccc(Cl)c([N+](=O)[O-])c1. The molecule has 2 aromatic rings. The van der Waals surface area contributed by atoms with E-state index in [2.05, 4.69) is 10.6 Å². The molecule has 2 amide bonds. The highest BCUT2D eigenvalue weighted by Crippen LogP contribution is 2.27. The summed E-state index contributed by atoms with van der Waals surface area (Å²) in [5.41, 5.74) is -0.273. The molecule has 1 aromatic carbocycles. The zero-order valence-electron chi connectivity index (χ0n) is 11.0. The number of nitro groups is 1. The van der Waals surface area contributed by atoms with Crippen LogP contribution in [0.25, 0.3) is 0 Å². The minimum Gasteiger partial charge on any atom is -0.467 e. The van der Waals surface area contributed by atoms with Crippen LogP contribution >= 0.6 is 11.6 Å². The highest BCUT2D eigenvalue weighted by Gasteiger charge is 2.17. The minimum atomic E-state index is -0.955. The minimum absolute atomic E-state index is 0.0556. The van der Waals surface area contributed by atoms with Gasteiger partial charge in [-0.1, -0.05) is 11.6 Å². The molecule has 2 N–H and O–H groups in total.